The van der Waals surface area contributed by atoms with Crippen molar-refractivity contribution in [2.75, 3.05) is 0 Å². The van der Waals surface area contributed by atoms with E-state index in [-0.39, 0.29) is 0 Å². The maximum absolute atomic E-state index is 12.2. The van der Waals surface area contributed by atoms with Crippen molar-refractivity contribution in [3.05, 3.63) is 35.5 Å². The van der Waals surface area contributed by atoms with Crippen molar-refractivity contribution < 1.29 is 4.79 Å². The van der Waals surface area contributed by atoms with Gasteiger partial charge >= 0.3 is 0 Å². The zero-order chi connectivity index (χ0) is 12.0. The van der Waals surface area contributed by atoms with Crippen molar-refractivity contribution in [3.63, 3.8) is 0 Å². The van der Waals surface area contributed by atoms with Gasteiger partial charge in [-0.3, -0.25) is 4.79 Å². The molecule has 0 N–H and O–H groups in total. The molecule has 2 aromatic rings. The van der Waals surface area contributed by atoms with Gasteiger partial charge in [0.05, 0.1) is 5.52 Å². The third kappa shape index (κ3) is 1.59. The van der Waals surface area contributed by atoms with Crippen LogP contribution in [0.2, 0.25) is 0 Å². The van der Waals surface area contributed by atoms with Gasteiger partial charge in [0.15, 0.2) is 5.78 Å². The average molecular weight is 227 g/mol. The Labute approximate surface area is 101 Å². The lowest BCUT2D eigenvalue weighted by Gasteiger charge is -2.02. The monoisotopic (exact) mass is 227 g/mol. The van der Waals surface area contributed by atoms with Gasteiger partial charge in [0.2, 0.25) is 0 Å². The fourth-order valence-electron chi connectivity index (χ4n) is 2.60. The molecule has 1 heterocycles. The van der Waals surface area contributed by atoms with E-state index in [2.05, 4.69) is 29.7 Å². The minimum atomic E-state index is 0.297. The number of carbonyl (C=O) groups is 1. The molecule has 88 valence electrons. The Balaban J connectivity index is 2.23. The van der Waals surface area contributed by atoms with Crippen molar-refractivity contribution >= 4 is 16.7 Å². The maximum atomic E-state index is 12.2. The molecule has 1 fully saturated rings. The maximum Gasteiger partial charge on any atom is 0.168 e. The van der Waals surface area contributed by atoms with Gasteiger partial charge in [-0.15, -0.1) is 0 Å². The van der Waals surface area contributed by atoms with Gasteiger partial charge in [-0.25, -0.2) is 0 Å². The highest BCUT2D eigenvalue weighted by molar-refractivity contribution is 6.10. The molecule has 2 nitrogen and oxygen atoms in total. The Bertz CT molecular complexity index is 590. The Morgan fingerprint density at radius 2 is 2.18 bits per heavy atom. The van der Waals surface area contributed by atoms with E-state index >= 15 is 0 Å². The molecule has 1 aromatic heterocycles. The fraction of sp³-hybridized carbons (Fsp3) is 0.400. The van der Waals surface area contributed by atoms with Crippen LogP contribution in [0.5, 0.6) is 0 Å². The molecule has 1 aliphatic rings. The number of hydrogen-bond donors (Lipinski definition) is 0. The van der Waals surface area contributed by atoms with E-state index in [0.717, 1.165) is 30.2 Å². The van der Waals surface area contributed by atoms with Crippen LogP contribution in [0, 0.1) is 5.92 Å². The summed E-state index contributed by atoms with van der Waals surface area (Å²) in [7, 11) is 2.03. The molecule has 0 radical (unpaired) electrons. The largest absolute Gasteiger partial charge is 0.350 e. The molecule has 17 heavy (non-hydrogen) atoms. The number of aromatic nitrogens is 1. The first-order valence-electron chi connectivity index (χ1n) is 6.33. The first kappa shape index (κ1) is 10.6. The molecule has 0 aliphatic heterocycles. The SMILES string of the molecule is CCc1cccc2c(C(=O)C3CC3)cn(C)c12. The van der Waals surface area contributed by atoms with Crippen LogP contribution < -0.4 is 0 Å². The Kier molecular flexibility index (Phi) is 2.32. The number of carbonyl (C=O) groups excluding carboxylic acids is 1. The number of hydrogen-bond acceptors (Lipinski definition) is 1. The Morgan fingerprint density at radius 1 is 1.41 bits per heavy atom. The minimum absolute atomic E-state index is 0.297. The van der Waals surface area contributed by atoms with Crippen LogP contribution in [0.4, 0.5) is 0 Å². The minimum Gasteiger partial charge on any atom is -0.350 e. The second-order valence-corrected chi connectivity index (χ2v) is 4.96. The lowest BCUT2D eigenvalue weighted by atomic mass is 10.0. The molecule has 0 spiro atoms. The fourth-order valence-corrected chi connectivity index (χ4v) is 2.60. The van der Waals surface area contributed by atoms with E-state index in [1.165, 1.54) is 11.1 Å². The van der Waals surface area contributed by atoms with E-state index in [1.807, 2.05) is 13.2 Å². The quantitative estimate of drug-likeness (QED) is 0.737. The standard InChI is InChI=1S/C15H17NO/c1-3-10-5-4-6-12-13(9-16(2)14(10)12)15(17)11-7-8-11/h4-6,9,11H,3,7-8H2,1-2H3. The van der Waals surface area contributed by atoms with Crippen LogP contribution in [-0.4, -0.2) is 10.4 Å². The van der Waals surface area contributed by atoms with Crippen LogP contribution in [-0.2, 0) is 13.5 Å². The van der Waals surface area contributed by atoms with Gasteiger partial charge < -0.3 is 4.57 Å². The Hall–Kier alpha value is -1.57. The van der Waals surface area contributed by atoms with E-state index in [9.17, 15) is 4.79 Å². The third-order valence-corrected chi connectivity index (χ3v) is 3.68. The molecule has 1 aliphatic carbocycles. The highest BCUT2D eigenvalue weighted by atomic mass is 16.1. The topological polar surface area (TPSA) is 22.0 Å². The van der Waals surface area contributed by atoms with Gasteiger partial charge in [-0.2, -0.15) is 0 Å². The van der Waals surface area contributed by atoms with Crippen LogP contribution in [0.3, 0.4) is 0 Å². The second kappa shape index (κ2) is 3.73. The Morgan fingerprint density at radius 3 is 2.82 bits per heavy atom. The molecule has 3 rings (SSSR count). The van der Waals surface area contributed by atoms with Crippen molar-refractivity contribution in [1.29, 1.82) is 0 Å². The van der Waals surface area contributed by atoms with E-state index < -0.39 is 0 Å². The predicted octanol–water partition coefficient (Wildman–Crippen LogP) is 3.33. The summed E-state index contributed by atoms with van der Waals surface area (Å²) in [4.78, 5) is 12.2. The number of ketones is 1. The summed E-state index contributed by atoms with van der Waals surface area (Å²) in [5.74, 6) is 0.634. The molecule has 0 bridgehead atoms. The molecule has 1 saturated carbocycles. The number of para-hydroxylation sites is 1. The summed E-state index contributed by atoms with van der Waals surface area (Å²) in [5.41, 5.74) is 3.46. The van der Waals surface area contributed by atoms with Crippen molar-refractivity contribution in [2.24, 2.45) is 13.0 Å². The zero-order valence-corrected chi connectivity index (χ0v) is 10.4. The smallest absolute Gasteiger partial charge is 0.168 e. The normalized spacial score (nSPS) is 15.4. The lowest BCUT2D eigenvalue weighted by Crippen LogP contribution is -1.99. The first-order valence-corrected chi connectivity index (χ1v) is 6.33. The summed E-state index contributed by atoms with van der Waals surface area (Å²) in [6.07, 6.45) is 5.15. The number of nitrogens with zero attached hydrogens (tertiary/aromatic N) is 1. The average Bonchev–Trinajstić information content (AvgIpc) is 3.13. The predicted molar refractivity (Wildman–Crippen MR) is 69.4 cm³/mol. The summed E-state index contributed by atoms with van der Waals surface area (Å²) < 4.78 is 2.10. The van der Waals surface area contributed by atoms with Gasteiger partial charge in [0.1, 0.15) is 0 Å². The molecule has 0 unspecified atom stereocenters. The van der Waals surface area contributed by atoms with Crippen molar-refractivity contribution in [2.45, 2.75) is 26.2 Å². The molecule has 0 amide bonds. The summed E-state index contributed by atoms with van der Waals surface area (Å²) in [5, 5.41) is 1.13. The van der Waals surface area contributed by atoms with Crippen LogP contribution >= 0.6 is 0 Å². The lowest BCUT2D eigenvalue weighted by molar-refractivity contribution is 0.0969. The van der Waals surface area contributed by atoms with E-state index in [0.29, 0.717) is 11.7 Å². The van der Waals surface area contributed by atoms with E-state index in [1.54, 1.807) is 0 Å². The second-order valence-electron chi connectivity index (χ2n) is 4.96. The third-order valence-electron chi connectivity index (χ3n) is 3.68. The zero-order valence-electron chi connectivity index (χ0n) is 10.4. The molecule has 1 aromatic carbocycles. The first-order chi connectivity index (χ1) is 8.22. The number of benzene rings is 1. The summed E-state index contributed by atoms with van der Waals surface area (Å²) in [6, 6.07) is 6.28. The highest BCUT2D eigenvalue weighted by Crippen LogP contribution is 2.35. The molecular formula is C15H17NO. The molecule has 0 atom stereocenters. The molecular weight excluding hydrogens is 210 g/mol. The van der Waals surface area contributed by atoms with Crippen LogP contribution in [0.15, 0.2) is 24.4 Å². The molecule has 2 heteroatoms. The van der Waals surface area contributed by atoms with Crippen LogP contribution in [0.25, 0.3) is 10.9 Å². The van der Waals surface area contributed by atoms with E-state index in [4.69, 9.17) is 0 Å². The van der Waals surface area contributed by atoms with Crippen LogP contribution in [0.1, 0.15) is 35.7 Å². The number of fused-ring (bicyclic) bond motifs is 1. The number of Topliss-reactive ketones (excluding diaryl/α,β-unsaturated/α-hetero) is 1. The van der Waals surface area contributed by atoms with Gasteiger partial charge in [0.25, 0.3) is 0 Å². The number of aryl methyl sites for hydroxylation is 2. The highest BCUT2D eigenvalue weighted by Gasteiger charge is 2.32. The number of rotatable bonds is 3. The summed E-state index contributed by atoms with van der Waals surface area (Å²) >= 11 is 0. The van der Waals surface area contributed by atoms with Gasteiger partial charge in [0, 0.05) is 30.1 Å². The molecule has 0 saturated heterocycles. The van der Waals surface area contributed by atoms with Gasteiger partial charge in [-0.1, -0.05) is 25.1 Å². The summed E-state index contributed by atoms with van der Waals surface area (Å²) in [6.45, 7) is 2.16. The van der Waals surface area contributed by atoms with Crippen molar-refractivity contribution in [3.8, 4) is 0 Å². The van der Waals surface area contributed by atoms with Gasteiger partial charge in [-0.05, 0) is 24.8 Å². The van der Waals surface area contributed by atoms with Crippen molar-refractivity contribution in [1.82, 2.24) is 4.57 Å².